The minimum Gasteiger partial charge on any atom is -0.338 e. The molecule has 1 fully saturated rings. The molecule has 1 heterocycles. The lowest BCUT2D eigenvalue weighted by atomic mass is 9.99. The van der Waals surface area contributed by atoms with Crippen LogP contribution in [0.2, 0.25) is 0 Å². The third-order valence-electron chi connectivity index (χ3n) is 5.33. The molecule has 0 bridgehead atoms. The first-order valence-electron chi connectivity index (χ1n) is 9.65. The number of H-pyrrole nitrogens is 1. The van der Waals surface area contributed by atoms with Crippen molar-refractivity contribution in [3.63, 3.8) is 0 Å². The Morgan fingerprint density at radius 1 is 1.07 bits per heavy atom. The highest BCUT2D eigenvalue weighted by Gasteiger charge is 2.20. The first-order valence-corrected chi connectivity index (χ1v) is 9.65. The molecular formula is C21H22N4O3. The van der Waals surface area contributed by atoms with Crippen molar-refractivity contribution in [2.45, 2.75) is 38.5 Å². The third kappa shape index (κ3) is 3.88. The number of fused-ring (bicyclic) bond motifs is 1. The third-order valence-corrected chi connectivity index (χ3v) is 5.33. The van der Waals surface area contributed by atoms with E-state index in [0.29, 0.717) is 16.9 Å². The van der Waals surface area contributed by atoms with Gasteiger partial charge in [-0.15, -0.1) is 0 Å². The minimum atomic E-state index is -0.425. The van der Waals surface area contributed by atoms with Crippen LogP contribution in [0, 0.1) is 16.0 Å². The van der Waals surface area contributed by atoms with E-state index in [0.717, 1.165) is 36.9 Å². The average molecular weight is 378 g/mol. The molecule has 0 atom stereocenters. The van der Waals surface area contributed by atoms with Crippen LogP contribution in [0.4, 0.5) is 11.4 Å². The molecular weight excluding hydrogens is 356 g/mol. The van der Waals surface area contributed by atoms with Crippen molar-refractivity contribution in [1.82, 2.24) is 9.97 Å². The number of aromatic nitrogens is 2. The predicted octanol–water partition coefficient (Wildman–Crippen LogP) is 5.05. The van der Waals surface area contributed by atoms with Crippen LogP contribution in [0.3, 0.4) is 0 Å². The Morgan fingerprint density at radius 2 is 1.79 bits per heavy atom. The van der Waals surface area contributed by atoms with Crippen LogP contribution in [0.25, 0.3) is 22.4 Å². The predicted molar refractivity (Wildman–Crippen MR) is 108 cm³/mol. The molecule has 0 spiro atoms. The summed E-state index contributed by atoms with van der Waals surface area (Å²) in [6.07, 6.45) is 6.63. The highest BCUT2D eigenvalue weighted by Crippen LogP contribution is 2.26. The molecule has 0 saturated heterocycles. The summed E-state index contributed by atoms with van der Waals surface area (Å²) < 4.78 is 0. The summed E-state index contributed by atoms with van der Waals surface area (Å²) in [6.45, 7) is 0. The highest BCUT2D eigenvalue weighted by atomic mass is 16.6. The maximum atomic E-state index is 12.5. The Hall–Kier alpha value is -3.22. The van der Waals surface area contributed by atoms with E-state index in [-0.39, 0.29) is 17.5 Å². The van der Waals surface area contributed by atoms with Gasteiger partial charge in [0.25, 0.3) is 5.69 Å². The largest absolute Gasteiger partial charge is 0.338 e. The monoisotopic (exact) mass is 378 g/mol. The van der Waals surface area contributed by atoms with Gasteiger partial charge in [0.1, 0.15) is 5.82 Å². The number of nitrogens with zero attached hydrogens (tertiary/aromatic N) is 2. The summed E-state index contributed by atoms with van der Waals surface area (Å²) in [6, 6.07) is 12.0. The van der Waals surface area contributed by atoms with E-state index < -0.39 is 4.92 Å². The number of nitrogens with one attached hydrogen (secondary N) is 2. The van der Waals surface area contributed by atoms with Crippen LogP contribution in [0.1, 0.15) is 38.5 Å². The van der Waals surface area contributed by atoms with Crippen LogP contribution >= 0.6 is 0 Å². The maximum absolute atomic E-state index is 12.5. The smallest absolute Gasteiger partial charge is 0.271 e. The van der Waals surface area contributed by atoms with Crippen molar-refractivity contribution in [1.29, 1.82) is 0 Å². The Balaban J connectivity index is 1.49. The van der Waals surface area contributed by atoms with Gasteiger partial charge in [0, 0.05) is 29.3 Å². The second-order valence-electron chi connectivity index (χ2n) is 7.30. The number of amides is 1. The molecule has 28 heavy (non-hydrogen) atoms. The number of hydrogen-bond acceptors (Lipinski definition) is 4. The fourth-order valence-electron chi connectivity index (χ4n) is 3.75. The van der Waals surface area contributed by atoms with E-state index in [1.54, 1.807) is 6.07 Å². The van der Waals surface area contributed by atoms with Gasteiger partial charge in [-0.1, -0.05) is 25.7 Å². The molecule has 7 heteroatoms. The molecule has 0 radical (unpaired) electrons. The van der Waals surface area contributed by atoms with E-state index >= 15 is 0 Å². The van der Waals surface area contributed by atoms with E-state index in [9.17, 15) is 14.9 Å². The molecule has 0 aliphatic heterocycles. The zero-order valence-corrected chi connectivity index (χ0v) is 15.5. The lowest BCUT2D eigenvalue weighted by Crippen LogP contribution is -2.22. The Kier molecular flexibility index (Phi) is 5.06. The molecule has 1 aromatic heterocycles. The molecule has 1 amide bonds. The molecule has 2 N–H and O–H groups in total. The molecule has 4 rings (SSSR count). The van der Waals surface area contributed by atoms with E-state index in [1.165, 1.54) is 25.0 Å². The van der Waals surface area contributed by atoms with Gasteiger partial charge in [0.15, 0.2) is 0 Å². The second kappa shape index (κ2) is 7.80. The van der Waals surface area contributed by atoms with Gasteiger partial charge >= 0.3 is 0 Å². The van der Waals surface area contributed by atoms with Crippen LogP contribution in [0.5, 0.6) is 0 Å². The molecule has 1 saturated carbocycles. The molecule has 1 aliphatic carbocycles. The number of benzene rings is 2. The van der Waals surface area contributed by atoms with E-state index in [2.05, 4.69) is 15.3 Å². The number of carbonyl (C=O) groups excluding carboxylic acids is 1. The van der Waals surface area contributed by atoms with Gasteiger partial charge in [-0.05, 0) is 43.2 Å². The van der Waals surface area contributed by atoms with Gasteiger partial charge < -0.3 is 10.3 Å². The Labute approximate surface area is 162 Å². The highest BCUT2D eigenvalue weighted by molar-refractivity contribution is 5.92. The van der Waals surface area contributed by atoms with Gasteiger partial charge in [0.2, 0.25) is 5.91 Å². The second-order valence-corrected chi connectivity index (χ2v) is 7.30. The van der Waals surface area contributed by atoms with Crippen molar-refractivity contribution < 1.29 is 9.72 Å². The van der Waals surface area contributed by atoms with Crippen LogP contribution in [0.15, 0.2) is 42.5 Å². The summed E-state index contributed by atoms with van der Waals surface area (Å²) in [7, 11) is 0. The van der Waals surface area contributed by atoms with Crippen LogP contribution in [-0.4, -0.2) is 20.8 Å². The summed E-state index contributed by atoms with van der Waals surface area (Å²) in [4.78, 5) is 30.6. The number of aromatic amines is 1. The minimum absolute atomic E-state index is 0.0271. The standard InChI is InChI=1S/C21H22N4O3/c26-21(15-5-3-1-2-4-6-15)22-16-9-7-14(8-10-16)20-23-18-12-11-17(25(27)28)13-19(18)24-20/h7-13,15H,1-6H2,(H,22,26)(H,23,24). The number of rotatable bonds is 4. The van der Waals surface area contributed by atoms with Gasteiger partial charge in [-0.25, -0.2) is 4.98 Å². The molecule has 3 aromatic rings. The zero-order valence-electron chi connectivity index (χ0n) is 15.5. The normalized spacial score (nSPS) is 15.3. The quantitative estimate of drug-likeness (QED) is 0.377. The van der Waals surface area contributed by atoms with Gasteiger partial charge in [-0.2, -0.15) is 0 Å². The SMILES string of the molecule is O=C(Nc1ccc(-c2nc3ccc([N+](=O)[O-])cc3[nH]2)cc1)C1CCCCCC1. The molecule has 2 aromatic carbocycles. The zero-order chi connectivity index (χ0) is 19.5. The summed E-state index contributed by atoms with van der Waals surface area (Å²) in [5, 5.41) is 13.9. The average Bonchev–Trinajstić information content (AvgIpc) is 2.92. The number of imidazole rings is 1. The molecule has 0 unspecified atom stereocenters. The maximum Gasteiger partial charge on any atom is 0.271 e. The van der Waals surface area contributed by atoms with Crippen molar-refractivity contribution in [2.24, 2.45) is 5.92 Å². The summed E-state index contributed by atoms with van der Waals surface area (Å²) >= 11 is 0. The van der Waals surface area contributed by atoms with Gasteiger partial charge in [-0.3, -0.25) is 14.9 Å². The molecule has 7 nitrogen and oxygen atoms in total. The van der Waals surface area contributed by atoms with Crippen molar-refractivity contribution in [3.8, 4) is 11.4 Å². The molecule has 144 valence electrons. The number of nitro groups is 1. The first kappa shape index (κ1) is 18.2. The Morgan fingerprint density at radius 3 is 2.46 bits per heavy atom. The van der Waals surface area contributed by atoms with Crippen molar-refractivity contribution in [2.75, 3.05) is 5.32 Å². The lowest BCUT2D eigenvalue weighted by molar-refractivity contribution is -0.384. The van der Waals surface area contributed by atoms with E-state index in [4.69, 9.17) is 0 Å². The number of carbonyl (C=O) groups is 1. The van der Waals surface area contributed by atoms with Crippen LogP contribution in [-0.2, 0) is 4.79 Å². The summed E-state index contributed by atoms with van der Waals surface area (Å²) in [5.74, 6) is 0.844. The summed E-state index contributed by atoms with van der Waals surface area (Å²) in [5.41, 5.74) is 2.94. The molecule has 1 aliphatic rings. The van der Waals surface area contributed by atoms with Crippen molar-refractivity contribution >= 4 is 28.3 Å². The van der Waals surface area contributed by atoms with Crippen molar-refractivity contribution in [3.05, 3.63) is 52.6 Å². The van der Waals surface area contributed by atoms with Gasteiger partial charge in [0.05, 0.1) is 16.0 Å². The topological polar surface area (TPSA) is 101 Å². The van der Waals surface area contributed by atoms with Crippen LogP contribution < -0.4 is 5.32 Å². The number of anilines is 1. The number of hydrogen-bond donors (Lipinski definition) is 2. The number of non-ortho nitro benzene ring substituents is 1. The Bertz CT molecular complexity index is 1000. The fraction of sp³-hybridized carbons (Fsp3) is 0.333. The first-order chi connectivity index (χ1) is 13.6. The lowest BCUT2D eigenvalue weighted by Gasteiger charge is -2.14. The van der Waals surface area contributed by atoms with E-state index in [1.807, 2.05) is 24.3 Å². The fourth-order valence-corrected chi connectivity index (χ4v) is 3.75. The number of nitro benzene ring substituents is 1.